The molecule has 0 aromatic heterocycles. The lowest BCUT2D eigenvalue weighted by Crippen LogP contribution is -2.50. The first-order valence-corrected chi connectivity index (χ1v) is 5.91. The van der Waals surface area contributed by atoms with Gasteiger partial charge in [-0.1, -0.05) is 28.1 Å². The topological polar surface area (TPSA) is 6.48 Å². The average Bonchev–Trinajstić information content (AvgIpc) is 2.09. The Balaban J connectivity index is 2.38. The zero-order chi connectivity index (χ0) is 9.84. The number of halogens is 1. The Hall–Kier alpha value is 0.140. The maximum absolute atomic E-state index is 4.02. The number of likely N-dealkylation sites (N-methyl/N-ethyl adjacent to an activating group) is 1. The van der Waals surface area contributed by atoms with Gasteiger partial charge in [0, 0.05) is 37.6 Å². The molecule has 1 heterocycles. The minimum absolute atomic E-state index is 0.662. The predicted octanol–water partition coefficient (Wildman–Crippen LogP) is 1.57. The Morgan fingerprint density at radius 3 is 2.77 bits per heavy atom. The monoisotopic (exact) mass is 246 g/mol. The van der Waals surface area contributed by atoms with E-state index in [2.05, 4.69) is 46.3 Å². The highest BCUT2D eigenvalue weighted by Gasteiger charge is 2.20. The Labute approximate surface area is 89.7 Å². The first-order chi connectivity index (χ1) is 6.13. The zero-order valence-corrected chi connectivity index (χ0v) is 10.2. The van der Waals surface area contributed by atoms with Crippen LogP contribution in [0, 0.1) is 0 Å². The van der Waals surface area contributed by atoms with Gasteiger partial charge in [0.05, 0.1) is 0 Å². The van der Waals surface area contributed by atoms with Crippen molar-refractivity contribution in [2.45, 2.75) is 13.0 Å². The van der Waals surface area contributed by atoms with E-state index >= 15 is 0 Å². The fourth-order valence-electron chi connectivity index (χ4n) is 1.74. The van der Waals surface area contributed by atoms with Crippen LogP contribution in [-0.4, -0.2) is 54.4 Å². The van der Waals surface area contributed by atoms with Crippen LogP contribution in [0.25, 0.3) is 0 Å². The van der Waals surface area contributed by atoms with Crippen LogP contribution in [0.3, 0.4) is 0 Å². The maximum Gasteiger partial charge on any atom is 0.0251 e. The van der Waals surface area contributed by atoms with Gasteiger partial charge in [-0.3, -0.25) is 4.90 Å². The molecule has 1 rings (SSSR count). The molecular formula is C10H19BrN2. The van der Waals surface area contributed by atoms with E-state index in [4.69, 9.17) is 0 Å². The van der Waals surface area contributed by atoms with Gasteiger partial charge in [-0.05, 0) is 14.0 Å². The lowest BCUT2D eigenvalue weighted by molar-refractivity contribution is 0.109. The van der Waals surface area contributed by atoms with Crippen molar-refractivity contribution in [2.75, 3.05) is 38.6 Å². The molecule has 1 aliphatic heterocycles. The van der Waals surface area contributed by atoms with Crippen LogP contribution in [0.5, 0.6) is 0 Å². The minimum atomic E-state index is 0.662. The van der Waals surface area contributed by atoms with Crippen molar-refractivity contribution in [3.05, 3.63) is 12.2 Å². The highest BCUT2D eigenvalue weighted by atomic mass is 79.9. The van der Waals surface area contributed by atoms with Crippen molar-refractivity contribution in [2.24, 2.45) is 0 Å². The first-order valence-electron chi connectivity index (χ1n) is 4.78. The van der Waals surface area contributed by atoms with Gasteiger partial charge >= 0.3 is 0 Å². The van der Waals surface area contributed by atoms with Gasteiger partial charge in [0.15, 0.2) is 0 Å². The van der Waals surface area contributed by atoms with E-state index in [1.165, 1.54) is 25.2 Å². The van der Waals surface area contributed by atoms with Crippen LogP contribution in [0.2, 0.25) is 0 Å². The van der Waals surface area contributed by atoms with Gasteiger partial charge in [0.25, 0.3) is 0 Å². The molecule has 0 aromatic rings. The Morgan fingerprint density at radius 2 is 2.23 bits per heavy atom. The smallest absolute Gasteiger partial charge is 0.0251 e. The van der Waals surface area contributed by atoms with Gasteiger partial charge in [-0.15, -0.1) is 0 Å². The van der Waals surface area contributed by atoms with E-state index in [1.807, 2.05) is 0 Å². The van der Waals surface area contributed by atoms with Crippen molar-refractivity contribution < 1.29 is 0 Å². The molecule has 1 saturated heterocycles. The predicted molar refractivity (Wildman–Crippen MR) is 61.5 cm³/mol. The van der Waals surface area contributed by atoms with Crippen LogP contribution in [-0.2, 0) is 0 Å². The largest absolute Gasteiger partial charge is 0.304 e. The summed E-state index contributed by atoms with van der Waals surface area (Å²) in [7, 11) is 2.19. The van der Waals surface area contributed by atoms with E-state index in [1.54, 1.807) is 0 Å². The number of hydrogen-bond acceptors (Lipinski definition) is 2. The highest BCUT2D eigenvalue weighted by molar-refractivity contribution is 9.09. The Bertz CT molecular complexity index is 182. The highest BCUT2D eigenvalue weighted by Crippen LogP contribution is 2.10. The fraction of sp³-hybridized carbons (Fsp3) is 0.800. The second-order valence-corrected chi connectivity index (χ2v) is 4.53. The molecule has 13 heavy (non-hydrogen) atoms. The maximum atomic E-state index is 4.02. The molecule has 1 unspecified atom stereocenters. The summed E-state index contributed by atoms with van der Waals surface area (Å²) in [5.41, 5.74) is 1.27. The SMILES string of the molecule is C=C(CBr)CN1CCN(C)CC1C. The molecule has 0 bridgehead atoms. The first kappa shape index (κ1) is 11.2. The summed E-state index contributed by atoms with van der Waals surface area (Å²) in [5, 5.41) is 0.923. The van der Waals surface area contributed by atoms with Crippen molar-refractivity contribution in [3.63, 3.8) is 0 Å². The molecule has 0 amide bonds. The number of rotatable bonds is 3. The lowest BCUT2D eigenvalue weighted by atomic mass is 10.2. The third-order valence-electron chi connectivity index (χ3n) is 2.58. The molecule has 1 atom stereocenters. The molecule has 1 fully saturated rings. The third-order valence-corrected chi connectivity index (χ3v) is 3.38. The van der Waals surface area contributed by atoms with E-state index in [-0.39, 0.29) is 0 Å². The molecule has 2 nitrogen and oxygen atoms in total. The van der Waals surface area contributed by atoms with Crippen molar-refractivity contribution in [1.82, 2.24) is 9.80 Å². The van der Waals surface area contributed by atoms with Crippen LogP contribution in [0.15, 0.2) is 12.2 Å². The molecule has 0 aliphatic carbocycles. The third kappa shape index (κ3) is 3.41. The molecular weight excluding hydrogens is 228 g/mol. The molecule has 0 spiro atoms. The molecule has 0 radical (unpaired) electrons. The van der Waals surface area contributed by atoms with Crippen LogP contribution in [0.4, 0.5) is 0 Å². The van der Waals surface area contributed by atoms with E-state index in [0.717, 1.165) is 11.9 Å². The van der Waals surface area contributed by atoms with Crippen LogP contribution < -0.4 is 0 Å². The summed E-state index contributed by atoms with van der Waals surface area (Å²) in [5.74, 6) is 0. The van der Waals surface area contributed by atoms with Gasteiger partial charge < -0.3 is 4.90 Å². The van der Waals surface area contributed by atoms with E-state index < -0.39 is 0 Å². The van der Waals surface area contributed by atoms with Crippen LogP contribution >= 0.6 is 15.9 Å². The summed E-state index contributed by atoms with van der Waals surface area (Å²) in [6.07, 6.45) is 0. The van der Waals surface area contributed by atoms with E-state index in [0.29, 0.717) is 6.04 Å². The van der Waals surface area contributed by atoms with Gasteiger partial charge in [0.1, 0.15) is 0 Å². The summed E-state index contributed by atoms with van der Waals surface area (Å²) in [6, 6.07) is 0.662. The number of alkyl halides is 1. The quantitative estimate of drug-likeness (QED) is 0.552. The Kier molecular flexibility index (Phi) is 4.42. The van der Waals surface area contributed by atoms with E-state index in [9.17, 15) is 0 Å². The minimum Gasteiger partial charge on any atom is -0.304 e. The summed E-state index contributed by atoms with van der Waals surface area (Å²) < 4.78 is 0. The summed E-state index contributed by atoms with van der Waals surface area (Å²) >= 11 is 3.44. The zero-order valence-electron chi connectivity index (χ0n) is 8.59. The summed E-state index contributed by atoms with van der Waals surface area (Å²) in [6.45, 7) is 10.9. The molecule has 0 aromatic carbocycles. The standard InChI is InChI=1S/C10H19BrN2/c1-9(6-11)7-13-5-4-12(3)8-10(13)2/h10H,1,4-8H2,2-3H3. The normalized spacial score (nSPS) is 26.2. The fourth-order valence-corrected chi connectivity index (χ4v) is 1.92. The number of hydrogen-bond donors (Lipinski definition) is 0. The molecule has 0 saturated carbocycles. The molecule has 0 N–H and O–H groups in total. The van der Waals surface area contributed by atoms with Crippen molar-refractivity contribution in [3.8, 4) is 0 Å². The van der Waals surface area contributed by atoms with Gasteiger partial charge in [0.2, 0.25) is 0 Å². The van der Waals surface area contributed by atoms with Crippen molar-refractivity contribution >= 4 is 15.9 Å². The number of piperazine rings is 1. The molecule has 3 heteroatoms. The van der Waals surface area contributed by atoms with Crippen LogP contribution in [0.1, 0.15) is 6.92 Å². The molecule has 76 valence electrons. The second-order valence-electron chi connectivity index (χ2n) is 3.97. The second kappa shape index (κ2) is 5.13. The average molecular weight is 247 g/mol. The van der Waals surface area contributed by atoms with Gasteiger partial charge in [-0.25, -0.2) is 0 Å². The van der Waals surface area contributed by atoms with Crippen molar-refractivity contribution in [1.29, 1.82) is 0 Å². The number of nitrogens with zero attached hydrogens (tertiary/aromatic N) is 2. The Morgan fingerprint density at radius 1 is 1.54 bits per heavy atom. The summed E-state index contributed by atoms with van der Waals surface area (Å²) in [4.78, 5) is 4.89. The molecule has 1 aliphatic rings. The lowest BCUT2D eigenvalue weighted by Gasteiger charge is -2.38. The van der Waals surface area contributed by atoms with Gasteiger partial charge in [-0.2, -0.15) is 0 Å².